The van der Waals surface area contributed by atoms with Crippen molar-refractivity contribution in [3.8, 4) is 0 Å². The van der Waals surface area contributed by atoms with Crippen LogP contribution in [0.2, 0.25) is 0 Å². The molecule has 6 atom stereocenters. The molecule has 0 saturated heterocycles. The number of rotatable bonds is 1. The van der Waals surface area contributed by atoms with Gasteiger partial charge in [0.15, 0.2) is 5.67 Å². The standard InChI is InChI=1S/C28H33FN2O2.C2H7N/c1-26-10-11-27(29)15-20-13-22(32)5-4-17(20)8-9-28(27,33)24(26)7-6-23(26)19-3-2-18-14-25(30)31-16-21(18)12-19;1-3-2/h2-3,6,12,14-17,22,24,32-33H,4-5,7-11,13H2,1H3,(H2,30,31);3H,1-2H3/t17?,22?,24?,26?,27?,28-;/m0./s1. The van der Waals surface area contributed by atoms with Gasteiger partial charge in [0.1, 0.15) is 11.4 Å². The number of aromatic nitrogens is 1. The molecule has 2 saturated carbocycles. The fraction of sp³-hybridized carbons (Fsp3) is 0.567. The number of nitrogens with zero attached hydrogens (tertiary/aromatic N) is 1. The number of fused-ring (bicyclic) bond motifs is 5. The highest BCUT2D eigenvalue weighted by molar-refractivity contribution is 5.88. The van der Waals surface area contributed by atoms with E-state index in [-0.39, 0.29) is 23.4 Å². The van der Waals surface area contributed by atoms with Crippen LogP contribution in [0, 0.1) is 17.3 Å². The molecule has 0 amide bonds. The van der Waals surface area contributed by atoms with E-state index in [0.717, 1.165) is 41.2 Å². The van der Waals surface area contributed by atoms with Gasteiger partial charge in [0.2, 0.25) is 0 Å². The Hall–Kier alpha value is -2.28. The molecule has 6 heteroatoms. The van der Waals surface area contributed by atoms with E-state index in [0.29, 0.717) is 37.9 Å². The number of aliphatic hydroxyl groups excluding tert-OH is 1. The summed E-state index contributed by atoms with van der Waals surface area (Å²) in [6.07, 6.45) is 10.6. The zero-order chi connectivity index (χ0) is 25.7. The molecule has 36 heavy (non-hydrogen) atoms. The smallest absolute Gasteiger partial charge is 0.158 e. The average molecular weight is 494 g/mol. The molecule has 4 aliphatic carbocycles. The topological polar surface area (TPSA) is 91.4 Å². The minimum Gasteiger partial charge on any atom is -0.393 e. The van der Waals surface area contributed by atoms with Crippen LogP contribution in [0.4, 0.5) is 10.2 Å². The number of pyridine rings is 1. The molecule has 0 radical (unpaired) electrons. The lowest BCUT2D eigenvalue weighted by molar-refractivity contribution is -0.172. The van der Waals surface area contributed by atoms with Gasteiger partial charge in [-0.1, -0.05) is 30.7 Å². The van der Waals surface area contributed by atoms with Crippen LogP contribution in [0.15, 0.2) is 48.2 Å². The molecule has 5 unspecified atom stereocenters. The second-order valence-electron chi connectivity index (χ2n) is 11.7. The van der Waals surface area contributed by atoms with Gasteiger partial charge in [-0.25, -0.2) is 9.37 Å². The van der Waals surface area contributed by atoms with Crippen LogP contribution in [0.3, 0.4) is 0 Å². The van der Waals surface area contributed by atoms with Crippen molar-refractivity contribution in [2.45, 2.75) is 75.7 Å². The van der Waals surface area contributed by atoms with Gasteiger partial charge in [-0.2, -0.15) is 0 Å². The maximum Gasteiger partial charge on any atom is 0.158 e. The van der Waals surface area contributed by atoms with Gasteiger partial charge >= 0.3 is 0 Å². The number of allylic oxidation sites excluding steroid dienone is 2. The number of anilines is 1. The van der Waals surface area contributed by atoms with E-state index in [9.17, 15) is 10.2 Å². The van der Waals surface area contributed by atoms with Crippen molar-refractivity contribution in [3.05, 3.63) is 53.8 Å². The van der Waals surface area contributed by atoms with Crippen molar-refractivity contribution < 1.29 is 14.6 Å². The maximum absolute atomic E-state index is 16.7. The molecule has 2 aromatic rings. The van der Waals surface area contributed by atoms with Crippen molar-refractivity contribution in [1.82, 2.24) is 10.3 Å². The van der Waals surface area contributed by atoms with Gasteiger partial charge in [0.25, 0.3) is 0 Å². The summed E-state index contributed by atoms with van der Waals surface area (Å²) in [5, 5.41) is 27.1. The molecular weight excluding hydrogens is 453 g/mol. The number of hydrogen-bond acceptors (Lipinski definition) is 5. The van der Waals surface area contributed by atoms with Gasteiger partial charge < -0.3 is 21.3 Å². The molecule has 1 aromatic carbocycles. The predicted octanol–water partition coefficient (Wildman–Crippen LogP) is 5.18. The summed E-state index contributed by atoms with van der Waals surface area (Å²) in [4.78, 5) is 4.24. The molecule has 2 fully saturated rings. The van der Waals surface area contributed by atoms with Crippen LogP contribution in [0.5, 0.6) is 0 Å². The third-order valence-corrected chi connectivity index (χ3v) is 9.43. The molecular formula is C30H40FN3O2. The molecule has 5 N–H and O–H groups in total. The van der Waals surface area contributed by atoms with Crippen LogP contribution in [0.25, 0.3) is 16.3 Å². The van der Waals surface area contributed by atoms with E-state index in [1.165, 1.54) is 5.57 Å². The second kappa shape index (κ2) is 9.23. The zero-order valence-corrected chi connectivity index (χ0v) is 21.7. The molecule has 6 rings (SSSR count). The van der Waals surface area contributed by atoms with Crippen LogP contribution in [0.1, 0.15) is 63.9 Å². The summed E-state index contributed by atoms with van der Waals surface area (Å²) >= 11 is 0. The number of nitrogen functional groups attached to an aromatic ring is 1. The number of nitrogens with one attached hydrogen (secondary N) is 1. The molecule has 0 spiro atoms. The Balaban J connectivity index is 0.000000848. The lowest BCUT2D eigenvalue weighted by atomic mass is 9.53. The Morgan fingerprint density at radius 3 is 2.64 bits per heavy atom. The average Bonchev–Trinajstić information content (AvgIpc) is 3.14. The highest BCUT2D eigenvalue weighted by Gasteiger charge is 2.65. The summed E-state index contributed by atoms with van der Waals surface area (Å²) in [7, 11) is 3.75. The Morgan fingerprint density at radius 1 is 1.08 bits per heavy atom. The van der Waals surface area contributed by atoms with Gasteiger partial charge in [0.05, 0.1) is 6.10 Å². The number of halogens is 1. The third-order valence-electron chi connectivity index (χ3n) is 9.43. The summed E-state index contributed by atoms with van der Waals surface area (Å²) in [6, 6.07) is 8.22. The van der Waals surface area contributed by atoms with Gasteiger partial charge in [-0.05, 0) is 112 Å². The zero-order valence-electron chi connectivity index (χ0n) is 21.7. The van der Waals surface area contributed by atoms with Crippen LogP contribution < -0.4 is 11.1 Å². The van der Waals surface area contributed by atoms with Gasteiger partial charge in [-0.15, -0.1) is 0 Å². The fourth-order valence-electron chi connectivity index (χ4n) is 7.56. The van der Waals surface area contributed by atoms with Crippen molar-refractivity contribution in [2.75, 3.05) is 19.8 Å². The van der Waals surface area contributed by atoms with Crippen LogP contribution >= 0.6 is 0 Å². The third kappa shape index (κ3) is 3.98. The van der Waals surface area contributed by atoms with Crippen molar-refractivity contribution >= 4 is 22.2 Å². The van der Waals surface area contributed by atoms with E-state index in [2.05, 4.69) is 41.5 Å². The van der Waals surface area contributed by atoms with E-state index >= 15 is 4.39 Å². The molecule has 194 valence electrons. The van der Waals surface area contributed by atoms with Crippen molar-refractivity contribution in [3.63, 3.8) is 0 Å². The number of benzene rings is 1. The number of aliphatic hydroxyl groups is 2. The molecule has 1 heterocycles. The Bertz CT molecular complexity index is 1210. The first kappa shape index (κ1) is 25.4. The first-order valence-corrected chi connectivity index (χ1v) is 13.4. The fourth-order valence-corrected chi connectivity index (χ4v) is 7.56. The van der Waals surface area contributed by atoms with Gasteiger partial charge in [-0.3, -0.25) is 0 Å². The predicted molar refractivity (Wildman–Crippen MR) is 144 cm³/mol. The summed E-state index contributed by atoms with van der Waals surface area (Å²) in [5.41, 5.74) is 5.81. The Morgan fingerprint density at radius 2 is 1.86 bits per heavy atom. The van der Waals surface area contributed by atoms with E-state index < -0.39 is 11.3 Å². The molecule has 5 nitrogen and oxygen atoms in total. The Labute approximate surface area is 213 Å². The molecule has 4 aliphatic rings. The quantitative estimate of drug-likeness (QED) is 0.411. The van der Waals surface area contributed by atoms with Crippen LogP contribution in [-0.2, 0) is 0 Å². The highest BCUT2D eigenvalue weighted by Crippen LogP contribution is 2.65. The summed E-state index contributed by atoms with van der Waals surface area (Å²) in [6.45, 7) is 2.22. The molecule has 0 bridgehead atoms. The normalized spacial score (nSPS) is 37.4. The monoisotopic (exact) mass is 493 g/mol. The van der Waals surface area contributed by atoms with E-state index in [1.54, 1.807) is 12.3 Å². The molecule has 1 aromatic heterocycles. The lowest BCUT2D eigenvalue weighted by Crippen LogP contribution is -2.61. The first-order chi connectivity index (χ1) is 17.1. The van der Waals surface area contributed by atoms with Gasteiger partial charge in [0, 0.05) is 17.5 Å². The SMILES string of the molecule is CC12CCC3(F)C=C4CC(O)CCC4CC[C@]3(O)C1CC=C2c1ccc2cc(N)ncc2c1.CNC. The van der Waals surface area contributed by atoms with Crippen LogP contribution in [-0.4, -0.2) is 46.7 Å². The summed E-state index contributed by atoms with van der Waals surface area (Å²) < 4.78 is 16.7. The van der Waals surface area contributed by atoms with Crippen molar-refractivity contribution in [2.24, 2.45) is 17.3 Å². The van der Waals surface area contributed by atoms with E-state index in [4.69, 9.17) is 5.73 Å². The second-order valence-corrected chi connectivity index (χ2v) is 11.7. The largest absolute Gasteiger partial charge is 0.393 e. The molecule has 0 aliphatic heterocycles. The van der Waals surface area contributed by atoms with Crippen molar-refractivity contribution in [1.29, 1.82) is 0 Å². The highest BCUT2D eigenvalue weighted by atomic mass is 19.1. The Kier molecular flexibility index (Phi) is 6.51. The minimum absolute atomic E-state index is 0.166. The minimum atomic E-state index is -1.73. The lowest BCUT2D eigenvalue weighted by Gasteiger charge is -2.55. The van der Waals surface area contributed by atoms with E-state index in [1.807, 2.05) is 20.2 Å². The number of hydrogen-bond donors (Lipinski definition) is 4. The maximum atomic E-state index is 16.7. The first-order valence-electron chi connectivity index (χ1n) is 13.4. The number of alkyl halides is 1. The summed E-state index contributed by atoms with van der Waals surface area (Å²) in [5.74, 6) is 0.629. The number of nitrogens with two attached hydrogens (primary N) is 1.